The highest BCUT2D eigenvalue weighted by Crippen LogP contribution is 2.38. The number of carbonyl (C=O) groups excluding carboxylic acids is 1. The highest BCUT2D eigenvalue weighted by molar-refractivity contribution is 9.10. The fourth-order valence-electron chi connectivity index (χ4n) is 2.25. The third-order valence-electron chi connectivity index (χ3n) is 3.70. The lowest BCUT2D eigenvalue weighted by atomic mass is 9.77. The van der Waals surface area contributed by atoms with Crippen molar-refractivity contribution in [1.82, 2.24) is 0 Å². The first kappa shape index (κ1) is 14.8. The van der Waals surface area contributed by atoms with E-state index in [-0.39, 0.29) is 11.5 Å². The number of ether oxygens (including phenoxy) is 1. The molecular formula is C14H17BrClNO2. The Morgan fingerprint density at radius 2 is 2.21 bits per heavy atom. The fraction of sp³-hybridized carbons (Fsp3) is 0.500. The van der Waals surface area contributed by atoms with Crippen LogP contribution in [0.2, 0.25) is 5.02 Å². The molecule has 1 N–H and O–H groups in total. The van der Waals surface area contributed by atoms with Gasteiger partial charge in [0.15, 0.2) is 0 Å². The first-order valence-corrected chi connectivity index (χ1v) is 7.43. The maximum absolute atomic E-state index is 12.1. The van der Waals surface area contributed by atoms with E-state index in [0.717, 1.165) is 29.3 Å². The molecule has 0 heterocycles. The van der Waals surface area contributed by atoms with Gasteiger partial charge >= 0.3 is 0 Å². The monoisotopic (exact) mass is 345 g/mol. The minimum atomic E-state index is -0.259. The van der Waals surface area contributed by atoms with Gasteiger partial charge in [-0.3, -0.25) is 4.79 Å². The molecule has 2 rings (SSSR count). The average molecular weight is 347 g/mol. The molecule has 1 aliphatic rings. The van der Waals surface area contributed by atoms with Crippen LogP contribution in [-0.4, -0.2) is 18.6 Å². The van der Waals surface area contributed by atoms with E-state index >= 15 is 0 Å². The Balaban J connectivity index is 2.05. The maximum atomic E-state index is 12.1. The summed E-state index contributed by atoms with van der Waals surface area (Å²) in [6, 6.07) is 3.66. The standard InChI is InChI=1S/C14H17BrClNO2/c1-9-6-10(15)12(7-11(9)16)17-13(18)8-14(19-2)4-3-5-14/h6-7H,3-5,8H2,1-2H3,(H,17,18). The summed E-state index contributed by atoms with van der Waals surface area (Å²) in [6.45, 7) is 1.92. The molecule has 5 heteroatoms. The van der Waals surface area contributed by atoms with Crippen molar-refractivity contribution in [1.29, 1.82) is 0 Å². The molecule has 0 radical (unpaired) electrons. The van der Waals surface area contributed by atoms with Crippen LogP contribution in [0.3, 0.4) is 0 Å². The van der Waals surface area contributed by atoms with Gasteiger partial charge in [0, 0.05) is 16.6 Å². The van der Waals surface area contributed by atoms with Crippen LogP contribution in [0.25, 0.3) is 0 Å². The highest BCUT2D eigenvalue weighted by Gasteiger charge is 2.39. The third-order valence-corrected chi connectivity index (χ3v) is 4.77. The molecule has 19 heavy (non-hydrogen) atoms. The van der Waals surface area contributed by atoms with Crippen molar-refractivity contribution >= 4 is 39.1 Å². The second kappa shape index (κ2) is 5.81. The van der Waals surface area contributed by atoms with Gasteiger partial charge in [-0.05, 0) is 59.8 Å². The molecule has 1 fully saturated rings. The van der Waals surface area contributed by atoms with Crippen molar-refractivity contribution in [3.63, 3.8) is 0 Å². The van der Waals surface area contributed by atoms with Gasteiger partial charge < -0.3 is 10.1 Å². The molecule has 1 saturated carbocycles. The van der Waals surface area contributed by atoms with Gasteiger partial charge in [-0.2, -0.15) is 0 Å². The van der Waals surface area contributed by atoms with Crippen LogP contribution in [0, 0.1) is 6.92 Å². The molecular weight excluding hydrogens is 330 g/mol. The Hall–Kier alpha value is -0.580. The number of rotatable bonds is 4. The molecule has 1 amide bonds. The van der Waals surface area contributed by atoms with Crippen molar-refractivity contribution in [3.05, 3.63) is 27.2 Å². The lowest BCUT2D eigenvalue weighted by Crippen LogP contribution is -2.42. The summed E-state index contributed by atoms with van der Waals surface area (Å²) in [5.74, 6) is -0.0397. The maximum Gasteiger partial charge on any atom is 0.227 e. The van der Waals surface area contributed by atoms with E-state index < -0.39 is 0 Å². The quantitative estimate of drug-likeness (QED) is 0.882. The number of aryl methyl sites for hydroxylation is 1. The zero-order valence-electron chi connectivity index (χ0n) is 11.1. The molecule has 0 spiro atoms. The number of amides is 1. The molecule has 1 aromatic carbocycles. The van der Waals surface area contributed by atoms with E-state index in [1.165, 1.54) is 0 Å². The first-order chi connectivity index (χ1) is 8.96. The van der Waals surface area contributed by atoms with Crippen LogP contribution in [-0.2, 0) is 9.53 Å². The summed E-state index contributed by atoms with van der Waals surface area (Å²) < 4.78 is 6.29. The Bertz CT molecular complexity index is 495. The van der Waals surface area contributed by atoms with E-state index in [1.54, 1.807) is 13.2 Å². The lowest BCUT2D eigenvalue weighted by Gasteiger charge is -2.39. The van der Waals surface area contributed by atoms with Crippen molar-refractivity contribution in [2.24, 2.45) is 0 Å². The summed E-state index contributed by atoms with van der Waals surface area (Å²) in [7, 11) is 1.67. The predicted molar refractivity (Wildman–Crippen MR) is 80.7 cm³/mol. The number of nitrogens with one attached hydrogen (secondary N) is 1. The number of hydrogen-bond acceptors (Lipinski definition) is 2. The van der Waals surface area contributed by atoms with Gasteiger partial charge in [0.1, 0.15) is 0 Å². The Morgan fingerprint density at radius 3 is 2.74 bits per heavy atom. The summed E-state index contributed by atoms with van der Waals surface area (Å²) in [5.41, 5.74) is 1.41. The molecule has 3 nitrogen and oxygen atoms in total. The van der Waals surface area contributed by atoms with Gasteiger partial charge in [-0.1, -0.05) is 11.6 Å². The topological polar surface area (TPSA) is 38.3 Å². The second-order valence-corrected chi connectivity index (χ2v) is 6.31. The van der Waals surface area contributed by atoms with E-state index in [9.17, 15) is 4.79 Å². The minimum absolute atomic E-state index is 0.0397. The van der Waals surface area contributed by atoms with Crippen molar-refractivity contribution in [2.75, 3.05) is 12.4 Å². The predicted octanol–water partition coefficient (Wildman–Crippen LogP) is 4.31. The van der Waals surface area contributed by atoms with Crippen LogP contribution in [0.5, 0.6) is 0 Å². The minimum Gasteiger partial charge on any atom is -0.378 e. The van der Waals surface area contributed by atoms with Gasteiger partial charge in [-0.25, -0.2) is 0 Å². The molecule has 1 aliphatic carbocycles. The zero-order chi connectivity index (χ0) is 14.0. The highest BCUT2D eigenvalue weighted by atomic mass is 79.9. The Labute approximate surface area is 126 Å². The fourth-order valence-corrected chi connectivity index (χ4v) is 2.97. The summed E-state index contributed by atoms with van der Waals surface area (Å²) in [4.78, 5) is 12.1. The third kappa shape index (κ3) is 3.30. The van der Waals surface area contributed by atoms with E-state index in [0.29, 0.717) is 17.1 Å². The van der Waals surface area contributed by atoms with Crippen molar-refractivity contribution in [2.45, 2.75) is 38.2 Å². The number of benzene rings is 1. The SMILES string of the molecule is COC1(CC(=O)Nc2cc(Cl)c(C)cc2Br)CCC1. The molecule has 0 atom stereocenters. The van der Waals surface area contributed by atoms with Crippen molar-refractivity contribution in [3.8, 4) is 0 Å². The largest absolute Gasteiger partial charge is 0.378 e. The lowest BCUT2D eigenvalue weighted by molar-refractivity contribution is -0.129. The summed E-state index contributed by atoms with van der Waals surface area (Å²) in [5, 5.41) is 3.53. The average Bonchev–Trinajstić information content (AvgIpc) is 2.31. The zero-order valence-corrected chi connectivity index (χ0v) is 13.4. The first-order valence-electron chi connectivity index (χ1n) is 6.26. The van der Waals surface area contributed by atoms with Crippen LogP contribution in [0.1, 0.15) is 31.2 Å². The Kier molecular flexibility index (Phi) is 4.54. The normalized spacial score (nSPS) is 16.8. The second-order valence-electron chi connectivity index (χ2n) is 5.05. The van der Waals surface area contributed by atoms with Gasteiger partial charge in [0.2, 0.25) is 5.91 Å². The van der Waals surface area contributed by atoms with E-state index in [1.807, 2.05) is 13.0 Å². The molecule has 0 bridgehead atoms. The molecule has 1 aromatic rings. The summed E-state index contributed by atoms with van der Waals surface area (Å²) in [6.07, 6.45) is 3.42. The molecule has 0 aliphatic heterocycles. The number of hydrogen-bond donors (Lipinski definition) is 1. The number of anilines is 1. The van der Waals surface area contributed by atoms with Gasteiger partial charge in [0.05, 0.1) is 17.7 Å². The summed E-state index contributed by atoms with van der Waals surface area (Å²) >= 11 is 9.50. The van der Waals surface area contributed by atoms with Crippen LogP contribution < -0.4 is 5.32 Å². The smallest absolute Gasteiger partial charge is 0.227 e. The Morgan fingerprint density at radius 1 is 1.53 bits per heavy atom. The van der Waals surface area contributed by atoms with Gasteiger partial charge in [-0.15, -0.1) is 0 Å². The molecule has 0 saturated heterocycles. The number of methoxy groups -OCH3 is 1. The number of halogens is 2. The molecule has 0 unspecified atom stereocenters. The van der Waals surface area contributed by atoms with E-state index in [4.69, 9.17) is 16.3 Å². The van der Waals surface area contributed by atoms with Gasteiger partial charge in [0.25, 0.3) is 0 Å². The van der Waals surface area contributed by atoms with E-state index in [2.05, 4.69) is 21.2 Å². The van der Waals surface area contributed by atoms with Crippen molar-refractivity contribution < 1.29 is 9.53 Å². The van der Waals surface area contributed by atoms with Crippen LogP contribution in [0.4, 0.5) is 5.69 Å². The van der Waals surface area contributed by atoms with Crippen LogP contribution >= 0.6 is 27.5 Å². The van der Waals surface area contributed by atoms with Crippen LogP contribution in [0.15, 0.2) is 16.6 Å². The number of carbonyl (C=O) groups is 1. The molecule has 0 aromatic heterocycles. The molecule has 104 valence electrons.